The molecule has 0 aliphatic rings. The molecule has 0 atom stereocenters. The van der Waals surface area contributed by atoms with Crippen molar-refractivity contribution in [3.63, 3.8) is 0 Å². The molecular formula is C2H3LiO2. The van der Waals surface area contributed by atoms with Crippen molar-refractivity contribution in [3.05, 3.63) is 0 Å². The summed E-state index contributed by atoms with van der Waals surface area (Å²) >= 11 is 1.60. The SMILES string of the molecule is [Li][CH2]C(=O)O. The Labute approximate surface area is 39.4 Å². The topological polar surface area (TPSA) is 37.3 Å². The van der Waals surface area contributed by atoms with E-state index >= 15 is 0 Å². The summed E-state index contributed by atoms with van der Waals surface area (Å²) in [4.78, 5) is 9.37. The Bertz CT molecular complexity index is 42.9. The molecule has 0 saturated carbocycles. The molecule has 0 fully saturated rings. The maximum atomic E-state index is 9.37. The maximum absolute atomic E-state index is 9.37. The van der Waals surface area contributed by atoms with Gasteiger partial charge in [-0.3, -0.25) is 0 Å². The Morgan fingerprint density at radius 3 is 2.20 bits per heavy atom. The van der Waals surface area contributed by atoms with E-state index in [-0.39, 0.29) is 5.09 Å². The summed E-state index contributed by atoms with van der Waals surface area (Å²) in [7, 11) is 0. The summed E-state index contributed by atoms with van der Waals surface area (Å²) in [6, 6.07) is 0. The second-order valence-corrected chi connectivity index (χ2v) is 0.747. The number of hydrogen-bond donors (Lipinski definition) is 1. The molecule has 0 spiro atoms. The summed E-state index contributed by atoms with van der Waals surface area (Å²) in [6.45, 7) is 0. The van der Waals surface area contributed by atoms with Crippen LogP contribution in [0.15, 0.2) is 0 Å². The number of aliphatic carboxylic acids is 1. The van der Waals surface area contributed by atoms with E-state index in [0.29, 0.717) is 0 Å². The minimum atomic E-state index is -0.745. The Morgan fingerprint density at radius 1 is 2.00 bits per heavy atom. The number of carboxylic acids is 1. The third-order valence-corrected chi connectivity index (χ3v) is 0.302. The standard InChI is InChI=1S/C2H3O2.Li/c1-2(3)4;/h1H2,(H,3,4);. The third kappa shape index (κ3) is 4.07. The van der Waals surface area contributed by atoms with Crippen LogP contribution in [-0.4, -0.2) is 28.8 Å². The summed E-state index contributed by atoms with van der Waals surface area (Å²) in [5.41, 5.74) is 0. The first-order valence-corrected chi connectivity index (χ1v) is 1.49. The number of carboxylic acid groups (broad SMARTS) is 1. The van der Waals surface area contributed by atoms with E-state index in [1.807, 2.05) is 0 Å². The summed E-state index contributed by atoms with van der Waals surface area (Å²) in [5, 5.41) is 7.94. The molecule has 0 unspecified atom stereocenters. The van der Waals surface area contributed by atoms with Crippen LogP contribution >= 0.6 is 0 Å². The molecule has 0 heterocycles. The molecule has 1 N–H and O–H groups in total. The van der Waals surface area contributed by atoms with Gasteiger partial charge in [0.1, 0.15) is 0 Å². The quantitative estimate of drug-likeness (QED) is 0.425. The molecule has 0 rings (SSSR count). The van der Waals surface area contributed by atoms with Gasteiger partial charge in [0.05, 0.1) is 0 Å². The molecule has 5 heavy (non-hydrogen) atoms. The molecule has 0 aliphatic heterocycles. The van der Waals surface area contributed by atoms with Crippen molar-refractivity contribution >= 4 is 23.7 Å². The van der Waals surface area contributed by atoms with Gasteiger partial charge in [-0.25, -0.2) is 0 Å². The Balaban J connectivity index is 2.85. The molecular weight excluding hydrogens is 63.0 g/mol. The Morgan fingerprint density at radius 2 is 2.20 bits per heavy atom. The van der Waals surface area contributed by atoms with Gasteiger partial charge in [-0.05, 0) is 0 Å². The molecule has 0 aliphatic carbocycles. The van der Waals surface area contributed by atoms with Crippen molar-refractivity contribution < 1.29 is 9.90 Å². The van der Waals surface area contributed by atoms with Crippen LogP contribution in [0.1, 0.15) is 0 Å². The fourth-order valence-corrected chi connectivity index (χ4v) is 0. The van der Waals surface area contributed by atoms with Crippen LogP contribution in [0.25, 0.3) is 0 Å². The first-order chi connectivity index (χ1) is 2.27. The zero-order chi connectivity index (χ0) is 4.28. The van der Waals surface area contributed by atoms with Crippen LogP contribution in [0.5, 0.6) is 0 Å². The molecule has 0 radical (unpaired) electrons. The predicted octanol–water partition coefficient (Wildman–Crippen LogP) is -0.342. The van der Waals surface area contributed by atoms with Crippen LogP contribution in [0.4, 0.5) is 0 Å². The van der Waals surface area contributed by atoms with Crippen molar-refractivity contribution in [1.29, 1.82) is 0 Å². The van der Waals surface area contributed by atoms with Crippen LogP contribution in [0, 0.1) is 0 Å². The molecule has 0 aromatic rings. The van der Waals surface area contributed by atoms with Crippen molar-refractivity contribution in [2.24, 2.45) is 0 Å². The molecule has 0 saturated heterocycles. The van der Waals surface area contributed by atoms with Gasteiger partial charge in [0.25, 0.3) is 0 Å². The van der Waals surface area contributed by atoms with Crippen molar-refractivity contribution in [3.8, 4) is 0 Å². The van der Waals surface area contributed by atoms with Crippen molar-refractivity contribution in [2.75, 3.05) is 0 Å². The van der Waals surface area contributed by atoms with Crippen LogP contribution in [0.3, 0.4) is 0 Å². The zero-order valence-electron chi connectivity index (χ0n) is 3.06. The molecule has 0 bridgehead atoms. The van der Waals surface area contributed by atoms with Gasteiger partial charge in [-0.15, -0.1) is 0 Å². The van der Waals surface area contributed by atoms with E-state index in [4.69, 9.17) is 5.11 Å². The second kappa shape index (κ2) is 2.31. The fraction of sp³-hybridized carbons (Fsp3) is 0.500. The zero-order valence-corrected chi connectivity index (χ0v) is 3.06. The average molecular weight is 66.0 g/mol. The predicted molar refractivity (Wildman–Crippen MR) is 18.2 cm³/mol. The molecule has 24 valence electrons. The number of hydrogen-bond acceptors (Lipinski definition) is 1. The van der Waals surface area contributed by atoms with Gasteiger partial charge >= 0.3 is 38.7 Å². The fourth-order valence-electron chi connectivity index (χ4n) is 0. The number of carbonyl (C=O) groups is 1. The molecule has 0 aromatic carbocycles. The summed E-state index contributed by atoms with van der Waals surface area (Å²) in [5.74, 6) is -0.745. The van der Waals surface area contributed by atoms with Gasteiger partial charge in [-0.1, -0.05) is 0 Å². The van der Waals surface area contributed by atoms with Crippen LogP contribution in [0.2, 0.25) is 5.09 Å². The van der Waals surface area contributed by atoms with Crippen molar-refractivity contribution in [1.82, 2.24) is 0 Å². The Kier molecular flexibility index (Phi) is 2.34. The summed E-state index contributed by atoms with van der Waals surface area (Å²) < 4.78 is 0. The average Bonchev–Trinajstić information content (AvgIpc) is 1.38. The monoisotopic (exact) mass is 66.0 g/mol. The van der Waals surface area contributed by atoms with E-state index in [1.54, 1.807) is 17.7 Å². The normalized spacial score (nSPS) is 7.60. The Hall–Kier alpha value is 0.0674. The van der Waals surface area contributed by atoms with Crippen molar-refractivity contribution in [2.45, 2.75) is 5.09 Å². The molecule has 3 heteroatoms. The van der Waals surface area contributed by atoms with Gasteiger partial charge < -0.3 is 0 Å². The van der Waals surface area contributed by atoms with Gasteiger partial charge in [0, 0.05) is 0 Å². The molecule has 0 aromatic heterocycles. The summed E-state index contributed by atoms with van der Waals surface area (Å²) in [6.07, 6.45) is 0. The van der Waals surface area contributed by atoms with E-state index in [1.165, 1.54) is 0 Å². The van der Waals surface area contributed by atoms with Gasteiger partial charge in [-0.2, -0.15) is 0 Å². The van der Waals surface area contributed by atoms with E-state index < -0.39 is 5.97 Å². The second-order valence-electron chi connectivity index (χ2n) is 0.747. The first-order valence-electron chi connectivity index (χ1n) is 1.49. The van der Waals surface area contributed by atoms with E-state index in [0.717, 1.165) is 0 Å². The van der Waals surface area contributed by atoms with Gasteiger partial charge in [0.2, 0.25) is 0 Å². The van der Waals surface area contributed by atoms with Gasteiger partial charge in [0.15, 0.2) is 0 Å². The molecule has 2 nitrogen and oxygen atoms in total. The first kappa shape index (κ1) is 5.07. The minimum absolute atomic E-state index is 0.222. The van der Waals surface area contributed by atoms with Crippen LogP contribution in [-0.2, 0) is 4.79 Å². The third-order valence-electron chi connectivity index (χ3n) is 0.302. The van der Waals surface area contributed by atoms with E-state index in [2.05, 4.69) is 0 Å². The van der Waals surface area contributed by atoms with Crippen LogP contribution < -0.4 is 0 Å². The number of rotatable bonds is 1. The van der Waals surface area contributed by atoms with E-state index in [9.17, 15) is 4.79 Å². The molecule has 0 amide bonds.